The number of hydrogen-bond acceptors (Lipinski definition) is 4. The first-order chi connectivity index (χ1) is 17.1. The lowest BCUT2D eigenvalue weighted by molar-refractivity contribution is -0.116. The molecule has 1 heterocycles. The Morgan fingerprint density at radius 1 is 1.06 bits per heavy atom. The summed E-state index contributed by atoms with van der Waals surface area (Å²) in [4.78, 5) is 16.2. The van der Waals surface area contributed by atoms with E-state index < -0.39 is 6.10 Å². The Labute approximate surface area is 209 Å². The molecule has 1 atom stereocenters. The summed E-state index contributed by atoms with van der Waals surface area (Å²) in [5.41, 5.74) is 2.09. The number of aryl methyl sites for hydroxylation is 1. The number of unbranched alkanes of at least 4 members (excludes halogenated alkanes) is 5. The number of fused-ring (bicyclic) bond motifs is 1. The summed E-state index contributed by atoms with van der Waals surface area (Å²) < 4.78 is 5.81. The Bertz CT molecular complexity index is 1070. The zero-order chi connectivity index (χ0) is 24.7. The Morgan fingerprint density at radius 2 is 1.86 bits per heavy atom. The van der Waals surface area contributed by atoms with E-state index in [1.54, 1.807) is 12.3 Å². The predicted octanol–water partition coefficient (Wildman–Crippen LogP) is 6.10. The van der Waals surface area contributed by atoms with Gasteiger partial charge in [-0.2, -0.15) is 0 Å². The van der Waals surface area contributed by atoms with Gasteiger partial charge >= 0.3 is 0 Å². The van der Waals surface area contributed by atoms with E-state index >= 15 is 0 Å². The van der Waals surface area contributed by atoms with Gasteiger partial charge in [0.1, 0.15) is 12.4 Å². The van der Waals surface area contributed by atoms with Crippen LogP contribution in [0.15, 0.2) is 67.0 Å². The maximum Gasteiger partial charge on any atom is 0.243 e. The molecule has 0 aliphatic rings. The van der Waals surface area contributed by atoms with Crippen LogP contribution in [0.3, 0.4) is 0 Å². The number of benzene rings is 2. The fourth-order valence-electron chi connectivity index (χ4n) is 3.94. The average Bonchev–Trinajstić information content (AvgIpc) is 2.89. The van der Waals surface area contributed by atoms with E-state index in [4.69, 9.17) is 4.74 Å². The van der Waals surface area contributed by atoms with Crippen LogP contribution < -0.4 is 10.1 Å². The quantitative estimate of drug-likeness (QED) is 0.206. The molecule has 35 heavy (non-hydrogen) atoms. The number of carbonyl (C=O) groups is 1. The molecular weight excluding hydrogens is 436 g/mol. The van der Waals surface area contributed by atoms with Gasteiger partial charge in [0, 0.05) is 25.0 Å². The van der Waals surface area contributed by atoms with Gasteiger partial charge in [-0.3, -0.25) is 9.78 Å². The number of aliphatic hydroxyl groups is 1. The van der Waals surface area contributed by atoms with Crippen LogP contribution in [0, 0.1) is 0 Å². The lowest BCUT2D eigenvalue weighted by Gasteiger charge is -2.13. The Balaban J connectivity index is 1.42. The number of amides is 1. The fourth-order valence-corrected chi connectivity index (χ4v) is 3.94. The first-order valence-electron chi connectivity index (χ1n) is 12.8. The number of hydrogen-bond donors (Lipinski definition) is 2. The Hall–Kier alpha value is -3.18. The lowest BCUT2D eigenvalue weighted by atomic mass is 10.1. The molecule has 3 aromatic rings. The van der Waals surface area contributed by atoms with Crippen molar-refractivity contribution in [3.8, 4) is 5.75 Å². The second kappa shape index (κ2) is 14.9. The number of aromatic nitrogens is 1. The number of carbonyl (C=O) groups excluding carboxylic acids is 1. The van der Waals surface area contributed by atoms with Crippen LogP contribution in [0.4, 0.5) is 0 Å². The van der Waals surface area contributed by atoms with Crippen molar-refractivity contribution in [1.29, 1.82) is 0 Å². The van der Waals surface area contributed by atoms with E-state index in [2.05, 4.69) is 23.3 Å². The summed E-state index contributed by atoms with van der Waals surface area (Å²) in [7, 11) is 0. The smallest absolute Gasteiger partial charge is 0.243 e. The first kappa shape index (κ1) is 26.4. The normalized spacial score (nSPS) is 12.2. The first-order valence-corrected chi connectivity index (χ1v) is 12.8. The number of nitrogens with one attached hydrogen (secondary N) is 1. The minimum atomic E-state index is -0.536. The van der Waals surface area contributed by atoms with Crippen molar-refractivity contribution in [2.75, 3.05) is 13.2 Å². The summed E-state index contributed by atoms with van der Waals surface area (Å²) in [5, 5.41) is 15.3. The molecule has 1 unspecified atom stereocenters. The highest BCUT2D eigenvalue weighted by Crippen LogP contribution is 2.23. The van der Waals surface area contributed by atoms with Crippen molar-refractivity contribution in [3.05, 3.63) is 78.1 Å². The van der Waals surface area contributed by atoms with Crippen LogP contribution >= 0.6 is 0 Å². The molecule has 0 aliphatic carbocycles. The maximum absolute atomic E-state index is 12.1. The molecular formula is C30H38N2O3. The topological polar surface area (TPSA) is 71.5 Å². The molecule has 0 radical (unpaired) electrons. The number of aliphatic hydroxyl groups excluding tert-OH is 1. The molecule has 0 saturated carbocycles. The monoisotopic (exact) mass is 474 g/mol. The Morgan fingerprint density at radius 3 is 2.69 bits per heavy atom. The van der Waals surface area contributed by atoms with Gasteiger partial charge in [0.2, 0.25) is 5.91 Å². The molecule has 3 rings (SSSR count). The average molecular weight is 475 g/mol. The second-order valence-corrected chi connectivity index (χ2v) is 9.03. The SMILES string of the molecule is CCCCCCCCNC(=O)C=Cc1ccc2cc(OCC(O)CCc3cccnc3)ccc2c1. The molecule has 186 valence electrons. The van der Waals surface area contributed by atoms with Crippen LogP contribution in [0.2, 0.25) is 0 Å². The third-order valence-electron chi connectivity index (χ3n) is 6.02. The van der Waals surface area contributed by atoms with Gasteiger partial charge in [-0.15, -0.1) is 0 Å². The van der Waals surface area contributed by atoms with Crippen molar-refractivity contribution < 1.29 is 14.6 Å². The minimum Gasteiger partial charge on any atom is -0.491 e. The van der Waals surface area contributed by atoms with Crippen LogP contribution in [0.5, 0.6) is 5.75 Å². The van der Waals surface area contributed by atoms with Gasteiger partial charge in [0.25, 0.3) is 0 Å². The summed E-state index contributed by atoms with van der Waals surface area (Å²) in [6, 6.07) is 15.9. The van der Waals surface area contributed by atoms with Crippen molar-refractivity contribution in [2.45, 2.75) is 64.4 Å². The molecule has 5 heteroatoms. The zero-order valence-electron chi connectivity index (χ0n) is 20.8. The second-order valence-electron chi connectivity index (χ2n) is 9.03. The van der Waals surface area contributed by atoms with Crippen molar-refractivity contribution in [1.82, 2.24) is 10.3 Å². The van der Waals surface area contributed by atoms with Gasteiger partial charge in [0.15, 0.2) is 0 Å². The molecule has 0 bridgehead atoms. The molecule has 1 aromatic heterocycles. The highest BCUT2D eigenvalue weighted by molar-refractivity contribution is 5.93. The Kier molecular flexibility index (Phi) is 11.3. The van der Waals surface area contributed by atoms with E-state index in [-0.39, 0.29) is 12.5 Å². The maximum atomic E-state index is 12.1. The van der Waals surface area contributed by atoms with Crippen molar-refractivity contribution in [2.24, 2.45) is 0 Å². The van der Waals surface area contributed by atoms with E-state index in [1.165, 1.54) is 32.1 Å². The lowest BCUT2D eigenvalue weighted by Crippen LogP contribution is -2.21. The summed E-state index contributed by atoms with van der Waals surface area (Å²) in [5.74, 6) is 0.680. The van der Waals surface area contributed by atoms with Gasteiger partial charge in [0.05, 0.1) is 6.10 Å². The van der Waals surface area contributed by atoms with Gasteiger partial charge in [-0.1, -0.05) is 63.3 Å². The molecule has 0 spiro atoms. The van der Waals surface area contributed by atoms with Crippen molar-refractivity contribution in [3.63, 3.8) is 0 Å². The van der Waals surface area contributed by atoms with Crippen molar-refractivity contribution >= 4 is 22.8 Å². The molecule has 2 aromatic carbocycles. The van der Waals surface area contributed by atoms with E-state index in [0.717, 1.165) is 47.0 Å². The standard InChI is InChI=1S/C30H38N2O3/c1-2-3-4-5-6-7-19-32-30(34)17-12-24-10-13-27-21-29(16-14-26(27)20-24)35-23-28(33)15-11-25-9-8-18-31-22-25/h8-10,12-14,16-18,20-22,28,33H,2-7,11,15,19,23H2,1H3,(H,32,34). The zero-order valence-corrected chi connectivity index (χ0v) is 20.8. The van der Waals surface area contributed by atoms with Gasteiger partial charge in [-0.05, 0) is 71.5 Å². The number of nitrogens with zero attached hydrogens (tertiary/aromatic N) is 1. The number of pyridine rings is 1. The number of ether oxygens (including phenoxy) is 1. The molecule has 2 N–H and O–H groups in total. The molecule has 0 saturated heterocycles. The highest BCUT2D eigenvalue weighted by Gasteiger charge is 2.07. The minimum absolute atomic E-state index is 0.0514. The van der Waals surface area contributed by atoms with Crippen LogP contribution in [-0.2, 0) is 11.2 Å². The van der Waals surface area contributed by atoms with Gasteiger partial charge in [-0.25, -0.2) is 0 Å². The van der Waals surface area contributed by atoms with E-state index in [9.17, 15) is 9.90 Å². The molecule has 5 nitrogen and oxygen atoms in total. The van der Waals surface area contributed by atoms with Crippen LogP contribution in [0.25, 0.3) is 16.8 Å². The highest BCUT2D eigenvalue weighted by atomic mass is 16.5. The van der Waals surface area contributed by atoms with Gasteiger partial charge < -0.3 is 15.2 Å². The fraction of sp³-hybridized carbons (Fsp3) is 0.400. The molecule has 0 aliphatic heterocycles. The van der Waals surface area contributed by atoms with E-state index in [1.807, 2.05) is 54.7 Å². The molecule has 1 amide bonds. The summed E-state index contributed by atoms with van der Waals surface area (Å²) >= 11 is 0. The number of rotatable bonds is 15. The largest absolute Gasteiger partial charge is 0.491 e. The van der Waals surface area contributed by atoms with Crippen LogP contribution in [-0.4, -0.2) is 35.3 Å². The third-order valence-corrected chi connectivity index (χ3v) is 6.02. The van der Waals surface area contributed by atoms with Crippen LogP contribution in [0.1, 0.15) is 63.0 Å². The third kappa shape index (κ3) is 9.91. The molecule has 0 fully saturated rings. The summed E-state index contributed by atoms with van der Waals surface area (Å²) in [6.45, 7) is 3.20. The van der Waals surface area contributed by atoms with E-state index in [0.29, 0.717) is 6.42 Å². The predicted molar refractivity (Wildman–Crippen MR) is 143 cm³/mol. The summed E-state index contributed by atoms with van der Waals surface area (Å²) in [6.07, 6.45) is 15.2.